The van der Waals surface area contributed by atoms with Gasteiger partial charge in [-0.3, -0.25) is 4.90 Å². The molecule has 2 amide bonds. The van der Waals surface area contributed by atoms with E-state index in [1.807, 2.05) is 6.92 Å². The maximum absolute atomic E-state index is 12.0. The van der Waals surface area contributed by atoms with Gasteiger partial charge in [0.1, 0.15) is 6.04 Å². The van der Waals surface area contributed by atoms with Gasteiger partial charge >= 0.3 is 12.0 Å². The molecule has 0 saturated carbocycles. The summed E-state index contributed by atoms with van der Waals surface area (Å²) in [6, 6.07) is -1.16. The summed E-state index contributed by atoms with van der Waals surface area (Å²) >= 11 is 1.45. The number of nitrogens with one attached hydrogen (secondary N) is 1. The predicted molar refractivity (Wildman–Crippen MR) is 71.3 cm³/mol. The Morgan fingerprint density at radius 3 is 2.74 bits per heavy atom. The van der Waals surface area contributed by atoms with Crippen LogP contribution in [-0.4, -0.2) is 72.7 Å². The average Bonchev–Trinajstić information content (AvgIpc) is 2.76. The lowest BCUT2D eigenvalue weighted by Crippen LogP contribution is -2.51. The van der Waals surface area contributed by atoms with Crippen LogP contribution in [0.3, 0.4) is 0 Å². The lowest BCUT2D eigenvalue weighted by atomic mass is 10.3. The molecule has 2 N–H and O–H groups in total. The van der Waals surface area contributed by atoms with Crippen molar-refractivity contribution in [3.63, 3.8) is 0 Å². The van der Waals surface area contributed by atoms with E-state index in [1.54, 1.807) is 7.11 Å². The molecule has 1 aliphatic rings. The van der Waals surface area contributed by atoms with E-state index in [0.29, 0.717) is 12.4 Å². The molecule has 1 rings (SSSR count). The van der Waals surface area contributed by atoms with Crippen LogP contribution in [0.15, 0.2) is 0 Å². The van der Waals surface area contributed by atoms with Gasteiger partial charge < -0.3 is 19.9 Å². The fraction of sp³-hybridized carbons (Fsp3) is 0.818. The van der Waals surface area contributed by atoms with Gasteiger partial charge in [-0.05, 0) is 6.92 Å². The Morgan fingerprint density at radius 2 is 2.21 bits per heavy atom. The van der Waals surface area contributed by atoms with Crippen molar-refractivity contribution in [3.8, 4) is 0 Å². The molecule has 1 heterocycles. The zero-order valence-electron chi connectivity index (χ0n) is 11.3. The molecule has 0 radical (unpaired) electrons. The van der Waals surface area contributed by atoms with Crippen LogP contribution < -0.4 is 5.32 Å². The molecule has 0 aromatic rings. The quantitative estimate of drug-likeness (QED) is 0.727. The standard InChI is InChI=1S/C11H20N2O5S/c1-7-13(9(6-19-7)10(14)15)11(16)12-4-8(18-3)5-17-2/h7-9H,4-6H2,1-3H3,(H,12,16)(H,14,15). The Balaban J connectivity index is 2.53. The highest BCUT2D eigenvalue weighted by molar-refractivity contribution is 8.00. The molecule has 1 saturated heterocycles. The number of amides is 2. The van der Waals surface area contributed by atoms with Crippen LogP contribution in [0.25, 0.3) is 0 Å². The van der Waals surface area contributed by atoms with Gasteiger partial charge in [0, 0.05) is 26.5 Å². The smallest absolute Gasteiger partial charge is 0.327 e. The maximum Gasteiger partial charge on any atom is 0.327 e. The first-order valence-electron chi connectivity index (χ1n) is 5.93. The molecule has 19 heavy (non-hydrogen) atoms. The van der Waals surface area contributed by atoms with Crippen LogP contribution in [0.2, 0.25) is 0 Å². The first-order chi connectivity index (χ1) is 9.01. The molecule has 0 spiro atoms. The first-order valence-corrected chi connectivity index (χ1v) is 6.98. The molecular formula is C11H20N2O5S. The topological polar surface area (TPSA) is 88.1 Å². The second kappa shape index (κ2) is 7.56. The van der Waals surface area contributed by atoms with E-state index >= 15 is 0 Å². The molecule has 1 fully saturated rings. The van der Waals surface area contributed by atoms with E-state index in [9.17, 15) is 9.59 Å². The number of carboxylic acids is 1. The molecule has 0 aliphatic carbocycles. The summed E-state index contributed by atoms with van der Waals surface area (Å²) in [5.74, 6) is -0.567. The Labute approximate surface area is 116 Å². The fourth-order valence-corrected chi connectivity index (χ4v) is 3.00. The third-order valence-electron chi connectivity index (χ3n) is 2.91. The average molecular weight is 292 g/mol. The zero-order chi connectivity index (χ0) is 14.4. The number of aliphatic carboxylic acids is 1. The first kappa shape index (κ1) is 16.1. The van der Waals surface area contributed by atoms with Gasteiger partial charge in [-0.1, -0.05) is 0 Å². The van der Waals surface area contributed by atoms with E-state index in [4.69, 9.17) is 14.6 Å². The lowest BCUT2D eigenvalue weighted by Gasteiger charge is -2.26. The Bertz CT molecular complexity index is 328. The molecule has 7 nitrogen and oxygen atoms in total. The highest BCUT2D eigenvalue weighted by atomic mass is 32.2. The van der Waals surface area contributed by atoms with Crippen LogP contribution in [0.1, 0.15) is 6.92 Å². The number of carbonyl (C=O) groups excluding carboxylic acids is 1. The molecule has 0 aromatic carbocycles. The van der Waals surface area contributed by atoms with Gasteiger partial charge in [0.25, 0.3) is 0 Å². The largest absolute Gasteiger partial charge is 0.480 e. The summed E-state index contributed by atoms with van der Waals surface area (Å²) < 4.78 is 10.1. The molecule has 110 valence electrons. The molecule has 1 aliphatic heterocycles. The van der Waals surface area contributed by atoms with Crippen molar-refractivity contribution in [1.82, 2.24) is 10.2 Å². The number of methoxy groups -OCH3 is 2. The van der Waals surface area contributed by atoms with Crippen molar-refractivity contribution in [3.05, 3.63) is 0 Å². The van der Waals surface area contributed by atoms with Gasteiger partial charge in [-0.2, -0.15) is 0 Å². The number of thioether (sulfide) groups is 1. The molecule has 3 atom stereocenters. The fourth-order valence-electron chi connectivity index (χ4n) is 1.83. The minimum Gasteiger partial charge on any atom is -0.480 e. The minimum absolute atomic E-state index is 0.149. The van der Waals surface area contributed by atoms with Crippen molar-refractivity contribution < 1.29 is 24.2 Å². The van der Waals surface area contributed by atoms with Crippen LogP contribution in [0.4, 0.5) is 4.79 Å². The van der Waals surface area contributed by atoms with E-state index in [0.717, 1.165) is 0 Å². The van der Waals surface area contributed by atoms with Crippen molar-refractivity contribution in [2.75, 3.05) is 33.1 Å². The highest BCUT2D eigenvalue weighted by Crippen LogP contribution is 2.28. The van der Waals surface area contributed by atoms with Gasteiger partial charge in [0.15, 0.2) is 0 Å². The Morgan fingerprint density at radius 1 is 1.53 bits per heavy atom. The minimum atomic E-state index is -0.979. The Hall–Kier alpha value is -0.990. The number of urea groups is 1. The van der Waals surface area contributed by atoms with Crippen molar-refractivity contribution in [1.29, 1.82) is 0 Å². The number of ether oxygens (including phenoxy) is 2. The Kier molecular flexibility index (Phi) is 6.40. The SMILES string of the molecule is COCC(CNC(=O)N1C(C)SCC1C(=O)O)OC. The van der Waals surface area contributed by atoms with Crippen molar-refractivity contribution >= 4 is 23.8 Å². The van der Waals surface area contributed by atoms with E-state index in [-0.39, 0.29) is 24.1 Å². The van der Waals surface area contributed by atoms with Gasteiger partial charge in [0.2, 0.25) is 0 Å². The van der Waals surface area contributed by atoms with Crippen molar-refractivity contribution in [2.45, 2.75) is 24.4 Å². The summed E-state index contributed by atoms with van der Waals surface area (Å²) in [6.45, 7) is 2.46. The van der Waals surface area contributed by atoms with Crippen molar-refractivity contribution in [2.24, 2.45) is 0 Å². The highest BCUT2D eigenvalue weighted by Gasteiger charge is 2.39. The van der Waals surface area contributed by atoms with Gasteiger partial charge in [0.05, 0.1) is 18.1 Å². The number of hydrogen-bond acceptors (Lipinski definition) is 5. The van der Waals surface area contributed by atoms with Crippen LogP contribution in [0.5, 0.6) is 0 Å². The predicted octanol–water partition coefficient (Wildman–Crippen LogP) is 0.205. The number of carbonyl (C=O) groups is 2. The third-order valence-corrected chi connectivity index (χ3v) is 4.13. The summed E-state index contributed by atoms with van der Waals surface area (Å²) in [7, 11) is 3.08. The summed E-state index contributed by atoms with van der Waals surface area (Å²) in [4.78, 5) is 24.5. The molecule has 0 bridgehead atoms. The molecule has 0 aromatic heterocycles. The van der Waals surface area contributed by atoms with E-state index in [2.05, 4.69) is 5.32 Å². The number of rotatable bonds is 6. The molecule has 3 unspecified atom stereocenters. The van der Waals surface area contributed by atoms with Gasteiger partial charge in [-0.25, -0.2) is 9.59 Å². The van der Waals surface area contributed by atoms with E-state index < -0.39 is 12.0 Å². The van der Waals surface area contributed by atoms with Crippen LogP contribution >= 0.6 is 11.8 Å². The molecular weight excluding hydrogens is 272 g/mol. The zero-order valence-corrected chi connectivity index (χ0v) is 12.1. The second-order valence-corrected chi connectivity index (χ2v) is 5.54. The van der Waals surface area contributed by atoms with Crippen LogP contribution in [0, 0.1) is 0 Å². The maximum atomic E-state index is 12.0. The summed E-state index contributed by atoms with van der Waals surface area (Å²) in [5.41, 5.74) is 0. The second-order valence-electron chi connectivity index (χ2n) is 4.19. The summed E-state index contributed by atoms with van der Waals surface area (Å²) in [5, 5.41) is 11.6. The lowest BCUT2D eigenvalue weighted by molar-refractivity contribution is -0.141. The normalized spacial score (nSPS) is 24.3. The molecule has 8 heteroatoms. The van der Waals surface area contributed by atoms with E-state index in [1.165, 1.54) is 23.8 Å². The summed E-state index contributed by atoms with van der Waals surface area (Å²) in [6.07, 6.45) is -0.247. The monoisotopic (exact) mass is 292 g/mol. The van der Waals surface area contributed by atoms with Gasteiger partial charge in [-0.15, -0.1) is 11.8 Å². The number of hydrogen-bond donors (Lipinski definition) is 2. The number of nitrogens with zero attached hydrogens (tertiary/aromatic N) is 1. The van der Waals surface area contributed by atoms with Crippen LogP contribution in [-0.2, 0) is 14.3 Å². The third kappa shape index (κ3) is 4.26. The number of carboxylic acid groups (broad SMARTS) is 1.